The maximum Gasteiger partial charge on any atom is 0.303 e. The van der Waals surface area contributed by atoms with Gasteiger partial charge in [-0.25, -0.2) is 0 Å². The summed E-state index contributed by atoms with van der Waals surface area (Å²) in [5, 5.41) is 0. The summed E-state index contributed by atoms with van der Waals surface area (Å²) >= 11 is 0. The Morgan fingerprint density at radius 3 is 3.16 bits per heavy atom. The zero-order chi connectivity index (χ0) is 13.5. The highest BCUT2D eigenvalue weighted by Gasteiger charge is 2.68. The van der Waals surface area contributed by atoms with E-state index in [0.29, 0.717) is 18.4 Å². The highest BCUT2D eigenvalue weighted by atomic mass is 16.6. The zero-order valence-corrected chi connectivity index (χ0v) is 11.6. The summed E-state index contributed by atoms with van der Waals surface area (Å²) in [6.07, 6.45) is 11.1. The first-order valence-corrected chi connectivity index (χ1v) is 7.23. The molecule has 0 aromatic rings. The Balaban J connectivity index is 2.00. The highest BCUT2D eigenvalue weighted by Crippen LogP contribution is 2.61. The molecule has 4 atom stereocenters. The van der Waals surface area contributed by atoms with Crippen LogP contribution in [-0.2, 0) is 14.3 Å². The van der Waals surface area contributed by atoms with Crippen LogP contribution in [0.15, 0.2) is 24.8 Å². The van der Waals surface area contributed by atoms with Crippen LogP contribution in [0.1, 0.15) is 39.0 Å². The minimum absolute atomic E-state index is 0.183. The van der Waals surface area contributed by atoms with E-state index in [0.717, 1.165) is 32.1 Å². The van der Waals surface area contributed by atoms with Crippen LogP contribution in [0.3, 0.4) is 0 Å². The van der Waals surface area contributed by atoms with E-state index in [1.165, 1.54) is 6.92 Å². The lowest BCUT2D eigenvalue weighted by molar-refractivity contribution is -0.178. The normalized spacial score (nSPS) is 43.6. The van der Waals surface area contributed by atoms with Crippen LogP contribution in [0.4, 0.5) is 0 Å². The molecule has 3 heteroatoms. The number of rotatable bonds is 3. The lowest BCUT2D eigenvalue weighted by Crippen LogP contribution is -2.53. The fraction of sp³-hybridized carbons (Fsp3) is 0.688. The molecular formula is C16H22O3. The van der Waals surface area contributed by atoms with E-state index in [4.69, 9.17) is 9.47 Å². The van der Waals surface area contributed by atoms with E-state index in [-0.39, 0.29) is 11.6 Å². The Hall–Kier alpha value is -1.09. The summed E-state index contributed by atoms with van der Waals surface area (Å²) in [6, 6.07) is 0. The first kappa shape index (κ1) is 12.9. The number of ether oxygens (including phenoxy) is 2. The maximum atomic E-state index is 11.6. The van der Waals surface area contributed by atoms with Crippen molar-refractivity contribution in [2.75, 3.05) is 6.61 Å². The summed E-state index contributed by atoms with van der Waals surface area (Å²) in [5.41, 5.74) is -0.678. The van der Waals surface area contributed by atoms with Gasteiger partial charge in [0.05, 0.1) is 6.61 Å². The molecule has 0 aromatic heterocycles. The van der Waals surface area contributed by atoms with Gasteiger partial charge in [0.1, 0.15) is 11.2 Å². The quantitative estimate of drug-likeness (QED) is 0.579. The number of carbonyl (C=O) groups excluding carboxylic acids is 1. The van der Waals surface area contributed by atoms with Crippen molar-refractivity contribution in [3.8, 4) is 0 Å². The van der Waals surface area contributed by atoms with Crippen molar-refractivity contribution in [3.05, 3.63) is 24.8 Å². The Morgan fingerprint density at radius 2 is 2.42 bits per heavy atom. The first-order valence-electron chi connectivity index (χ1n) is 7.23. The highest BCUT2D eigenvalue weighted by molar-refractivity contribution is 5.67. The van der Waals surface area contributed by atoms with Gasteiger partial charge in [-0.15, -0.1) is 6.58 Å². The summed E-state index contributed by atoms with van der Waals surface area (Å²) in [6.45, 7) is 6.09. The van der Waals surface area contributed by atoms with Crippen molar-refractivity contribution in [1.29, 1.82) is 0 Å². The first-order chi connectivity index (χ1) is 9.13. The van der Waals surface area contributed by atoms with Gasteiger partial charge < -0.3 is 9.47 Å². The van der Waals surface area contributed by atoms with E-state index in [9.17, 15) is 4.79 Å². The summed E-state index contributed by atoms with van der Waals surface area (Å²) < 4.78 is 12.0. The van der Waals surface area contributed by atoms with Crippen LogP contribution in [0.25, 0.3) is 0 Å². The van der Waals surface area contributed by atoms with Gasteiger partial charge in [0, 0.05) is 13.3 Å². The minimum Gasteiger partial charge on any atom is -0.456 e. The van der Waals surface area contributed by atoms with Gasteiger partial charge in [0.2, 0.25) is 0 Å². The van der Waals surface area contributed by atoms with Gasteiger partial charge in [0.25, 0.3) is 0 Å². The fourth-order valence-corrected chi connectivity index (χ4v) is 4.60. The third-order valence-corrected chi connectivity index (χ3v) is 5.18. The molecule has 1 spiro atoms. The molecule has 1 saturated carbocycles. The van der Waals surface area contributed by atoms with Gasteiger partial charge in [-0.1, -0.05) is 18.2 Å². The largest absolute Gasteiger partial charge is 0.456 e. The van der Waals surface area contributed by atoms with E-state index >= 15 is 0 Å². The van der Waals surface area contributed by atoms with Gasteiger partial charge in [-0.3, -0.25) is 4.79 Å². The average Bonchev–Trinajstić information content (AvgIpc) is 2.79. The molecule has 0 radical (unpaired) electrons. The second-order valence-corrected chi connectivity index (χ2v) is 6.08. The van der Waals surface area contributed by atoms with Crippen molar-refractivity contribution in [2.45, 2.75) is 50.2 Å². The van der Waals surface area contributed by atoms with Gasteiger partial charge in [-0.2, -0.15) is 0 Å². The molecule has 1 heterocycles. The molecule has 0 aromatic carbocycles. The number of esters is 1. The third-order valence-electron chi connectivity index (χ3n) is 5.18. The average molecular weight is 262 g/mol. The molecule has 2 aliphatic carbocycles. The smallest absolute Gasteiger partial charge is 0.303 e. The summed E-state index contributed by atoms with van der Waals surface area (Å²) in [5.74, 6) is 0.789. The van der Waals surface area contributed by atoms with Crippen LogP contribution in [0.2, 0.25) is 0 Å². The van der Waals surface area contributed by atoms with Crippen molar-refractivity contribution >= 4 is 5.97 Å². The Kier molecular flexibility index (Phi) is 3.05. The summed E-state index contributed by atoms with van der Waals surface area (Å²) in [7, 11) is 0. The van der Waals surface area contributed by atoms with Crippen LogP contribution < -0.4 is 0 Å². The predicted octanol–water partition coefficient (Wildman–Crippen LogP) is 3.01. The van der Waals surface area contributed by atoms with E-state index in [1.54, 1.807) is 0 Å². The lowest BCUT2D eigenvalue weighted by Gasteiger charge is -2.43. The number of hydrogen-bond acceptors (Lipinski definition) is 3. The van der Waals surface area contributed by atoms with Crippen molar-refractivity contribution in [3.63, 3.8) is 0 Å². The Labute approximate surface area is 114 Å². The van der Waals surface area contributed by atoms with Crippen LogP contribution in [0, 0.1) is 11.8 Å². The lowest BCUT2D eigenvalue weighted by atomic mass is 9.73. The van der Waals surface area contributed by atoms with E-state index < -0.39 is 5.60 Å². The molecule has 3 aliphatic rings. The second kappa shape index (κ2) is 4.48. The number of carbonyl (C=O) groups is 1. The Morgan fingerprint density at radius 1 is 1.58 bits per heavy atom. The molecule has 1 aliphatic heterocycles. The van der Waals surface area contributed by atoms with Gasteiger partial charge in [-0.05, 0) is 37.5 Å². The van der Waals surface area contributed by atoms with Crippen molar-refractivity contribution in [1.82, 2.24) is 0 Å². The Bertz CT molecular complexity index is 428. The topological polar surface area (TPSA) is 35.5 Å². The molecule has 3 rings (SSSR count). The van der Waals surface area contributed by atoms with E-state index in [1.807, 2.05) is 6.08 Å². The zero-order valence-electron chi connectivity index (χ0n) is 11.6. The summed E-state index contributed by atoms with van der Waals surface area (Å²) in [4.78, 5) is 11.6. The predicted molar refractivity (Wildman–Crippen MR) is 72.6 cm³/mol. The maximum absolute atomic E-state index is 11.6. The standard InChI is InChI=1S/C16H22O3/c1-3-6-13-11-15(19-12(2)17)9-10-18-16(15)8-5-4-7-14(13)16/h3-5,13-14H,1,6-11H2,2H3/t13-,14-,15-,16-/m1/s1. The molecule has 0 amide bonds. The third kappa shape index (κ3) is 1.71. The number of allylic oxidation sites excluding steroid dienone is 2. The molecule has 2 fully saturated rings. The molecule has 104 valence electrons. The molecule has 0 N–H and O–H groups in total. The van der Waals surface area contributed by atoms with Crippen LogP contribution >= 0.6 is 0 Å². The molecule has 0 bridgehead atoms. The SMILES string of the molecule is C=CC[C@@H]1C[C@]2(OC(C)=O)CCO[C@@]23CC=CC[C@H]13. The minimum atomic E-state index is -0.401. The van der Waals surface area contributed by atoms with E-state index in [2.05, 4.69) is 18.7 Å². The second-order valence-electron chi connectivity index (χ2n) is 6.08. The fourth-order valence-electron chi connectivity index (χ4n) is 4.60. The molecular weight excluding hydrogens is 240 g/mol. The van der Waals surface area contributed by atoms with Gasteiger partial charge in [0.15, 0.2) is 0 Å². The molecule has 0 unspecified atom stereocenters. The number of hydrogen-bond donors (Lipinski definition) is 0. The van der Waals surface area contributed by atoms with Gasteiger partial charge >= 0.3 is 5.97 Å². The van der Waals surface area contributed by atoms with Crippen molar-refractivity contribution in [2.24, 2.45) is 11.8 Å². The van der Waals surface area contributed by atoms with Crippen molar-refractivity contribution < 1.29 is 14.3 Å². The monoisotopic (exact) mass is 262 g/mol. The molecule has 3 nitrogen and oxygen atoms in total. The van der Waals surface area contributed by atoms with Crippen LogP contribution in [0.5, 0.6) is 0 Å². The molecule has 19 heavy (non-hydrogen) atoms. The molecule has 1 saturated heterocycles. The van der Waals surface area contributed by atoms with Crippen LogP contribution in [-0.4, -0.2) is 23.8 Å².